The number of halogens is 2. The van der Waals surface area contributed by atoms with E-state index in [1.165, 1.54) is 44.6 Å². The Balaban J connectivity index is 1.58. The van der Waals surface area contributed by atoms with Gasteiger partial charge in [-0.1, -0.05) is 18.0 Å². The maximum Gasteiger partial charge on any atom is 0.123 e. The SMILES string of the molecule is Fc1ccc(Cl)c(CC2(CNC3CC3)CC3CCC2C3)c1. The second kappa shape index (κ2) is 5.24. The van der Waals surface area contributed by atoms with Gasteiger partial charge in [0.15, 0.2) is 0 Å². The molecule has 1 nitrogen and oxygen atoms in total. The molecule has 2 bridgehead atoms. The highest BCUT2D eigenvalue weighted by Gasteiger charge is 2.51. The lowest BCUT2D eigenvalue weighted by atomic mass is 9.69. The van der Waals surface area contributed by atoms with Gasteiger partial charge in [-0.15, -0.1) is 0 Å². The number of hydrogen-bond acceptors (Lipinski definition) is 1. The Morgan fingerprint density at radius 3 is 2.76 bits per heavy atom. The van der Waals surface area contributed by atoms with Gasteiger partial charge in [-0.3, -0.25) is 0 Å². The lowest BCUT2D eigenvalue weighted by Gasteiger charge is -2.39. The summed E-state index contributed by atoms with van der Waals surface area (Å²) in [6, 6.07) is 5.56. The zero-order chi connectivity index (χ0) is 14.4. The van der Waals surface area contributed by atoms with Crippen molar-refractivity contribution < 1.29 is 4.39 Å². The molecule has 1 aromatic carbocycles. The van der Waals surface area contributed by atoms with Crippen molar-refractivity contribution in [1.29, 1.82) is 0 Å². The van der Waals surface area contributed by atoms with Crippen LogP contribution in [0.2, 0.25) is 5.02 Å². The minimum atomic E-state index is -0.164. The van der Waals surface area contributed by atoms with Crippen molar-refractivity contribution >= 4 is 11.6 Å². The Bertz CT molecular complexity index is 542. The Morgan fingerprint density at radius 1 is 1.24 bits per heavy atom. The van der Waals surface area contributed by atoms with Crippen LogP contribution in [0, 0.1) is 23.1 Å². The van der Waals surface area contributed by atoms with E-state index in [1.54, 1.807) is 12.1 Å². The molecule has 0 spiro atoms. The molecule has 0 heterocycles. The second-order valence-corrected chi connectivity index (χ2v) is 7.92. The maximum atomic E-state index is 13.6. The van der Waals surface area contributed by atoms with Crippen molar-refractivity contribution in [3.63, 3.8) is 0 Å². The van der Waals surface area contributed by atoms with Gasteiger partial charge in [0.2, 0.25) is 0 Å². The lowest BCUT2D eigenvalue weighted by Crippen LogP contribution is -2.41. The third-order valence-electron chi connectivity index (χ3n) is 5.97. The van der Waals surface area contributed by atoms with Crippen molar-refractivity contribution in [1.82, 2.24) is 5.32 Å². The summed E-state index contributed by atoms with van der Waals surface area (Å²) in [5.41, 5.74) is 1.31. The average Bonchev–Trinajstić information content (AvgIpc) is 3.09. The minimum absolute atomic E-state index is 0.164. The molecule has 3 aliphatic carbocycles. The van der Waals surface area contributed by atoms with Crippen LogP contribution >= 0.6 is 11.6 Å². The fourth-order valence-electron chi connectivity index (χ4n) is 4.75. The number of nitrogens with one attached hydrogen (secondary N) is 1. The molecule has 1 aromatic rings. The standard InChI is InChI=1S/C18H23ClFN/c19-17-6-3-15(20)8-13(17)10-18(11-21-16-4-5-16)9-12-1-2-14(18)7-12/h3,6,8,12,14,16,21H,1-2,4-5,7,9-11H2. The van der Waals surface area contributed by atoms with Gasteiger partial charge in [0.05, 0.1) is 0 Å². The van der Waals surface area contributed by atoms with Crippen molar-refractivity contribution in [3.05, 3.63) is 34.6 Å². The van der Waals surface area contributed by atoms with Crippen LogP contribution in [0.3, 0.4) is 0 Å². The number of fused-ring (bicyclic) bond motifs is 2. The third kappa shape index (κ3) is 2.73. The van der Waals surface area contributed by atoms with Crippen LogP contribution in [-0.4, -0.2) is 12.6 Å². The van der Waals surface area contributed by atoms with E-state index in [2.05, 4.69) is 5.32 Å². The molecule has 3 heteroatoms. The smallest absolute Gasteiger partial charge is 0.123 e. The van der Waals surface area contributed by atoms with Crippen molar-refractivity contribution in [2.75, 3.05) is 6.54 Å². The van der Waals surface area contributed by atoms with Gasteiger partial charge in [-0.2, -0.15) is 0 Å². The lowest BCUT2D eigenvalue weighted by molar-refractivity contribution is 0.155. The zero-order valence-corrected chi connectivity index (χ0v) is 13.1. The molecular weight excluding hydrogens is 285 g/mol. The second-order valence-electron chi connectivity index (χ2n) is 7.51. The number of hydrogen-bond donors (Lipinski definition) is 1. The van der Waals surface area contributed by atoms with E-state index in [1.807, 2.05) is 0 Å². The predicted molar refractivity (Wildman–Crippen MR) is 84.0 cm³/mol. The van der Waals surface area contributed by atoms with E-state index < -0.39 is 0 Å². The van der Waals surface area contributed by atoms with Gasteiger partial charge in [0.25, 0.3) is 0 Å². The summed E-state index contributed by atoms with van der Waals surface area (Å²) in [6.07, 6.45) is 9.00. The fraction of sp³-hybridized carbons (Fsp3) is 0.667. The van der Waals surface area contributed by atoms with Crippen LogP contribution in [0.15, 0.2) is 18.2 Å². The quantitative estimate of drug-likeness (QED) is 0.839. The Hall–Kier alpha value is -0.600. The van der Waals surface area contributed by atoms with E-state index in [9.17, 15) is 4.39 Å². The van der Waals surface area contributed by atoms with Crippen LogP contribution in [0.4, 0.5) is 4.39 Å². The van der Waals surface area contributed by atoms with E-state index in [-0.39, 0.29) is 5.82 Å². The Kier molecular flexibility index (Phi) is 3.50. The van der Waals surface area contributed by atoms with Crippen molar-refractivity contribution in [3.8, 4) is 0 Å². The van der Waals surface area contributed by atoms with E-state index >= 15 is 0 Å². The average molecular weight is 308 g/mol. The monoisotopic (exact) mass is 307 g/mol. The molecule has 4 rings (SSSR count). The van der Waals surface area contributed by atoms with Crippen LogP contribution in [0.1, 0.15) is 44.1 Å². The van der Waals surface area contributed by atoms with Crippen LogP contribution in [-0.2, 0) is 6.42 Å². The summed E-state index contributed by atoms with van der Waals surface area (Å²) in [5, 5.41) is 4.47. The summed E-state index contributed by atoms with van der Waals surface area (Å²) < 4.78 is 13.6. The molecule has 3 aliphatic rings. The highest BCUT2D eigenvalue weighted by atomic mass is 35.5. The molecule has 21 heavy (non-hydrogen) atoms. The molecule has 3 atom stereocenters. The largest absolute Gasteiger partial charge is 0.313 e. The van der Waals surface area contributed by atoms with Crippen molar-refractivity contribution in [2.45, 2.75) is 51.0 Å². The first-order valence-electron chi connectivity index (χ1n) is 8.32. The van der Waals surface area contributed by atoms with E-state index in [0.29, 0.717) is 5.41 Å². The summed E-state index contributed by atoms with van der Waals surface area (Å²) in [5.74, 6) is 1.53. The number of rotatable bonds is 5. The molecule has 1 N–H and O–H groups in total. The first-order valence-corrected chi connectivity index (χ1v) is 8.70. The van der Waals surface area contributed by atoms with Gasteiger partial charge >= 0.3 is 0 Å². The minimum Gasteiger partial charge on any atom is -0.313 e. The maximum absolute atomic E-state index is 13.6. The van der Waals surface area contributed by atoms with Gasteiger partial charge in [-0.25, -0.2) is 4.39 Å². The fourth-order valence-corrected chi connectivity index (χ4v) is 4.93. The highest BCUT2D eigenvalue weighted by Crippen LogP contribution is 2.57. The molecule has 3 unspecified atom stereocenters. The first kappa shape index (κ1) is 14.0. The number of benzene rings is 1. The summed E-state index contributed by atoms with van der Waals surface area (Å²) in [6.45, 7) is 1.09. The molecule has 0 aromatic heterocycles. The van der Waals surface area contributed by atoms with Gasteiger partial charge in [0.1, 0.15) is 5.82 Å². The molecule has 3 saturated carbocycles. The van der Waals surface area contributed by atoms with Gasteiger partial charge in [0, 0.05) is 17.6 Å². The van der Waals surface area contributed by atoms with Crippen LogP contribution in [0.5, 0.6) is 0 Å². The summed E-state index contributed by atoms with van der Waals surface area (Å²) in [7, 11) is 0. The predicted octanol–water partition coefficient (Wildman–Crippen LogP) is 4.58. The molecule has 0 aliphatic heterocycles. The van der Waals surface area contributed by atoms with E-state index in [4.69, 9.17) is 11.6 Å². The van der Waals surface area contributed by atoms with E-state index in [0.717, 1.165) is 41.4 Å². The highest BCUT2D eigenvalue weighted by molar-refractivity contribution is 6.31. The van der Waals surface area contributed by atoms with Crippen LogP contribution in [0.25, 0.3) is 0 Å². The molecular formula is C18H23ClFN. The Morgan fingerprint density at radius 2 is 2.10 bits per heavy atom. The molecule has 3 fully saturated rings. The third-order valence-corrected chi connectivity index (χ3v) is 6.34. The first-order chi connectivity index (χ1) is 10.1. The van der Waals surface area contributed by atoms with Gasteiger partial charge in [-0.05, 0) is 79.5 Å². The molecule has 0 saturated heterocycles. The molecule has 114 valence electrons. The summed E-state index contributed by atoms with van der Waals surface area (Å²) in [4.78, 5) is 0. The molecule has 0 radical (unpaired) electrons. The normalized spacial score (nSPS) is 34.6. The van der Waals surface area contributed by atoms with Gasteiger partial charge < -0.3 is 5.32 Å². The Labute approximate surface area is 131 Å². The summed E-state index contributed by atoms with van der Waals surface area (Å²) >= 11 is 6.33. The zero-order valence-electron chi connectivity index (χ0n) is 12.4. The topological polar surface area (TPSA) is 12.0 Å². The van der Waals surface area contributed by atoms with Crippen molar-refractivity contribution in [2.24, 2.45) is 17.3 Å². The van der Waals surface area contributed by atoms with Crippen LogP contribution < -0.4 is 5.32 Å². The molecule has 0 amide bonds.